The van der Waals surface area contributed by atoms with Gasteiger partial charge in [-0.3, -0.25) is 9.59 Å². The number of hydrogen-bond donors (Lipinski definition) is 0. The minimum Gasteiger partial charge on any atom is -0.497 e. The highest BCUT2D eigenvalue weighted by molar-refractivity contribution is 7.92. The van der Waals surface area contributed by atoms with Crippen LogP contribution < -0.4 is 14.2 Å². The summed E-state index contributed by atoms with van der Waals surface area (Å²) in [6.45, 7) is 2.25. The van der Waals surface area contributed by atoms with Crippen molar-refractivity contribution in [2.75, 3.05) is 19.5 Å². The van der Waals surface area contributed by atoms with Gasteiger partial charge in [-0.2, -0.15) is 0 Å². The molecule has 0 saturated carbocycles. The van der Waals surface area contributed by atoms with Gasteiger partial charge in [0.05, 0.1) is 18.4 Å². The number of benzene rings is 2. The Morgan fingerprint density at radius 2 is 1.87 bits per heavy atom. The summed E-state index contributed by atoms with van der Waals surface area (Å²) in [6, 6.07) is 13.4. The van der Waals surface area contributed by atoms with Gasteiger partial charge in [0.25, 0.3) is 4.74 Å². The second-order valence-corrected chi connectivity index (χ2v) is 9.28. The summed E-state index contributed by atoms with van der Waals surface area (Å²) in [5.74, 6) is -0.190. The first kappa shape index (κ1) is 21.7. The van der Waals surface area contributed by atoms with Crippen molar-refractivity contribution in [3.8, 4) is 11.5 Å². The average molecular weight is 445 g/mol. The third kappa shape index (κ3) is 4.95. The second-order valence-electron chi connectivity index (χ2n) is 6.34. The van der Waals surface area contributed by atoms with E-state index in [4.69, 9.17) is 9.47 Å². The molecule has 6 nitrogen and oxygen atoms in total. The third-order valence-corrected chi connectivity index (χ3v) is 7.05. The Kier molecular flexibility index (Phi) is 6.69. The van der Waals surface area contributed by atoms with Crippen LogP contribution in [0.2, 0.25) is 0 Å². The molecule has 0 N–H and O–H groups in total. The number of carbonyl (C=O) groups is 1. The number of sulfone groups is 1. The van der Waals surface area contributed by atoms with E-state index >= 15 is 0 Å². The van der Waals surface area contributed by atoms with Crippen LogP contribution in [0.1, 0.15) is 12.5 Å². The number of fused-ring (bicyclic) bond motifs is 1. The quantitative estimate of drug-likeness (QED) is 0.492. The molecule has 0 aliphatic heterocycles. The highest BCUT2D eigenvalue weighted by Gasteiger charge is 2.23. The van der Waals surface area contributed by atoms with Gasteiger partial charge in [-0.1, -0.05) is 41.7 Å². The van der Waals surface area contributed by atoms with Crippen LogP contribution >= 0.6 is 11.3 Å². The highest BCUT2D eigenvalue weighted by atomic mass is 32.2. The predicted molar refractivity (Wildman–Crippen MR) is 118 cm³/mol. The van der Waals surface area contributed by atoms with Crippen molar-refractivity contribution < 1.29 is 22.7 Å². The lowest BCUT2D eigenvalue weighted by molar-refractivity contribution is -0.112. The maximum absolute atomic E-state index is 12.7. The molecule has 0 amide bonds. The van der Waals surface area contributed by atoms with Gasteiger partial charge in [-0.15, -0.1) is 0 Å². The molecule has 0 fully saturated rings. The topological polar surface area (TPSA) is 86.7 Å². The number of hydrogen-bond acceptors (Lipinski definition) is 7. The summed E-state index contributed by atoms with van der Waals surface area (Å²) >= 11 is 0.802. The lowest BCUT2D eigenvalue weighted by Crippen LogP contribution is -2.20. The van der Waals surface area contributed by atoms with Crippen LogP contribution in [0.25, 0.3) is 16.2 Å². The molecule has 30 heavy (non-hydrogen) atoms. The molecular formula is C22H20O6S2. The van der Waals surface area contributed by atoms with Crippen LogP contribution in [0.15, 0.2) is 64.3 Å². The number of ketones is 1. The van der Waals surface area contributed by atoms with Gasteiger partial charge >= 0.3 is 0 Å². The molecule has 0 saturated heterocycles. The van der Waals surface area contributed by atoms with E-state index in [-0.39, 0.29) is 4.90 Å². The summed E-state index contributed by atoms with van der Waals surface area (Å²) < 4.78 is 36.0. The van der Waals surface area contributed by atoms with Crippen LogP contribution in [0.3, 0.4) is 0 Å². The molecule has 0 radical (unpaired) electrons. The zero-order chi connectivity index (χ0) is 21.7. The minimum absolute atomic E-state index is 0.375. The molecule has 8 heteroatoms. The van der Waals surface area contributed by atoms with Gasteiger partial charge in [0.2, 0.25) is 0 Å². The predicted octanol–water partition coefficient (Wildman–Crippen LogP) is 3.73. The first-order chi connectivity index (χ1) is 14.3. The summed E-state index contributed by atoms with van der Waals surface area (Å²) in [6.07, 6.45) is 2.72. The van der Waals surface area contributed by atoms with E-state index in [1.165, 1.54) is 18.2 Å². The van der Waals surface area contributed by atoms with Gasteiger partial charge in [0.1, 0.15) is 22.1 Å². The first-order valence-corrected chi connectivity index (χ1v) is 11.6. The Hall–Kier alpha value is -2.97. The Balaban J connectivity index is 1.84. The first-order valence-electron chi connectivity index (χ1n) is 9.11. The van der Waals surface area contributed by atoms with E-state index in [0.29, 0.717) is 28.2 Å². The van der Waals surface area contributed by atoms with Crippen molar-refractivity contribution >= 4 is 43.1 Å². The highest BCUT2D eigenvalue weighted by Crippen LogP contribution is 2.29. The van der Waals surface area contributed by atoms with Crippen molar-refractivity contribution in [3.63, 3.8) is 0 Å². The summed E-state index contributed by atoms with van der Waals surface area (Å²) in [5, 5.41) is 0.574. The fraction of sp³-hybridized carbons (Fsp3) is 0.182. The standard InChI is InChI=1S/C22H20O6S2/c1-3-28-19-6-4-5-16-13-20(22(24)29-21(16)19)30(25,26)14-17(23)10-7-15-8-11-18(27-2)12-9-15/h4-13H,3,14H2,1-2H3/b10-7-. The Bertz CT molecular complexity index is 1260. The summed E-state index contributed by atoms with van der Waals surface area (Å²) in [7, 11) is -2.54. The summed E-state index contributed by atoms with van der Waals surface area (Å²) in [5.41, 5.74) is 0.724. The molecule has 0 unspecified atom stereocenters. The van der Waals surface area contributed by atoms with Crippen molar-refractivity contribution in [1.29, 1.82) is 0 Å². The number of ether oxygens (including phenoxy) is 2. The molecule has 0 aliphatic carbocycles. The molecule has 3 rings (SSSR count). The fourth-order valence-corrected chi connectivity index (χ4v) is 5.31. The normalized spacial score (nSPS) is 11.7. The Labute approximate surface area is 178 Å². The van der Waals surface area contributed by atoms with E-state index < -0.39 is 26.1 Å². The van der Waals surface area contributed by atoms with Gasteiger partial charge in [0, 0.05) is 0 Å². The minimum atomic E-state index is -4.09. The Morgan fingerprint density at radius 3 is 2.53 bits per heavy atom. The van der Waals surface area contributed by atoms with E-state index in [9.17, 15) is 18.0 Å². The molecule has 0 bridgehead atoms. The van der Waals surface area contributed by atoms with Crippen LogP contribution in [-0.2, 0) is 14.6 Å². The number of allylic oxidation sites excluding steroid dienone is 1. The number of rotatable bonds is 8. The molecule has 0 aliphatic rings. The smallest absolute Gasteiger partial charge is 0.251 e. The van der Waals surface area contributed by atoms with Crippen molar-refractivity contribution in [2.24, 2.45) is 0 Å². The number of carbonyl (C=O) groups excluding carboxylic acids is 1. The van der Waals surface area contributed by atoms with Crippen molar-refractivity contribution in [2.45, 2.75) is 11.8 Å². The summed E-state index contributed by atoms with van der Waals surface area (Å²) in [4.78, 5) is 24.4. The molecule has 0 atom stereocenters. The largest absolute Gasteiger partial charge is 0.497 e. The average Bonchev–Trinajstić information content (AvgIpc) is 2.72. The maximum atomic E-state index is 12.7. The Morgan fingerprint density at radius 1 is 1.13 bits per heavy atom. The van der Waals surface area contributed by atoms with Crippen LogP contribution in [0.4, 0.5) is 0 Å². The number of methoxy groups -OCH3 is 1. The molecule has 156 valence electrons. The van der Waals surface area contributed by atoms with Crippen LogP contribution in [-0.4, -0.2) is 33.7 Å². The third-order valence-electron chi connectivity index (χ3n) is 4.24. The van der Waals surface area contributed by atoms with Gasteiger partial charge in [-0.25, -0.2) is 8.42 Å². The second kappa shape index (κ2) is 9.23. The van der Waals surface area contributed by atoms with E-state index in [1.807, 2.05) is 6.92 Å². The van der Waals surface area contributed by atoms with Crippen LogP contribution in [0, 0.1) is 0 Å². The van der Waals surface area contributed by atoms with Crippen molar-refractivity contribution in [3.05, 3.63) is 69.7 Å². The van der Waals surface area contributed by atoms with E-state index in [1.54, 1.807) is 49.6 Å². The zero-order valence-electron chi connectivity index (χ0n) is 16.5. The fourth-order valence-electron chi connectivity index (χ4n) is 2.80. The van der Waals surface area contributed by atoms with Crippen molar-refractivity contribution in [1.82, 2.24) is 0 Å². The molecule has 0 spiro atoms. The van der Waals surface area contributed by atoms with E-state index in [0.717, 1.165) is 16.9 Å². The van der Waals surface area contributed by atoms with Gasteiger partial charge in [-0.05, 0) is 48.2 Å². The molecule has 2 aromatic carbocycles. The van der Waals surface area contributed by atoms with Crippen LogP contribution in [0.5, 0.6) is 11.5 Å². The van der Waals surface area contributed by atoms with Gasteiger partial charge < -0.3 is 9.47 Å². The lowest BCUT2D eigenvalue weighted by Gasteiger charge is -2.08. The lowest BCUT2D eigenvalue weighted by atomic mass is 10.2. The molecule has 3 aromatic rings. The molecular weight excluding hydrogens is 424 g/mol. The SMILES string of the molecule is CCOc1cccc2cc(S(=O)(=O)CC(=O)/C=C\c3ccc(OC)cc3)c(=O)sc12. The zero-order valence-corrected chi connectivity index (χ0v) is 18.1. The van der Waals surface area contributed by atoms with Gasteiger partial charge in [0.15, 0.2) is 15.6 Å². The monoisotopic (exact) mass is 444 g/mol. The van der Waals surface area contributed by atoms with E-state index in [2.05, 4.69) is 0 Å². The maximum Gasteiger partial charge on any atom is 0.251 e. The molecule has 1 aromatic heterocycles. The molecule has 1 heterocycles.